The maximum Gasteiger partial charge on any atom is 0.310 e. The van der Waals surface area contributed by atoms with Crippen LogP contribution in [-0.2, 0) is 18.9 Å². The SMILES string of the molecule is C=CCCCOC(CCCCCCCC)C(OC)(OC)OC. The molecule has 0 saturated carbocycles. The van der Waals surface area contributed by atoms with E-state index in [9.17, 15) is 0 Å². The smallest absolute Gasteiger partial charge is 0.310 e. The highest BCUT2D eigenvalue weighted by Gasteiger charge is 2.40. The lowest BCUT2D eigenvalue weighted by Gasteiger charge is -2.36. The van der Waals surface area contributed by atoms with E-state index >= 15 is 0 Å². The van der Waals surface area contributed by atoms with Gasteiger partial charge in [-0.15, -0.1) is 6.58 Å². The van der Waals surface area contributed by atoms with Crippen LogP contribution in [0.1, 0.15) is 64.7 Å². The van der Waals surface area contributed by atoms with Crippen molar-refractivity contribution in [2.45, 2.75) is 76.8 Å². The molecule has 0 rings (SSSR count). The Labute approximate surface area is 137 Å². The van der Waals surface area contributed by atoms with Gasteiger partial charge >= 0.3 is 5.97 Å². The van der Waals surface area contributed by atoms with Crippen LogP contribution < -0.4 is 0 Å². The van der Waals surface area contributed by atoms with Crippen LogP contribution in [0.15, 0.2) is 12.7 Å². The summed E-state index contributed by atoms with van der Waals surface area (Å²) in [6, 6.07) is 0. The Morgan fingerprint density at radius 3 is 2.05 bits per heavy atom. The Morgan fingerprint density at radius 2 is 1.50 bits per heavy atom. The summed E-state index contributed by atoms with van der Waals surface area (Å²) in [6.07, 6.45) is 11.9. The predicted octanol–water partition coefficient (Wildman–Crippen LogP) is 4.68. The van der Waals surface area contributed by atoms with Crippen molar-refractivity contribution in [3.63, 3.8) is 0 Å². The van der Waals surface area contributed by atoms with Gasteiger partial charge in [0.25, 0.3) is 0 Å². The molecule has 132 valence electrons. The monoisotopic (exact) mass is 316 g/mol. The zero-order valence-corrected chi connectivity index (χ0v) is 15.1. The topological polar surface area (TPSA) is 36.9 Å². The van der Waals surface area contributed by atoms with Gasteiger partial charge in [0.1, 0.15) is 6.10 Å². The molecule has 0 fully saturated rings. The van der Waals surface area contributed by atoms with Crippen molar-refractivity contribution in [2.75, 3.05) is 27.9 Å². The first-order chi connectivity index (χ1) is 10.7. The molecule has 0 amide bonds. The molecule has 0 aromatic rings. The third-order valence-corrected chi connectivity index (χ3v) is 3.94. The predicted molar refractivity (Wildman–Crippen MR) is 90.9 cm³/mol. The molecule has 0 aliphatic carbocycles. The minimum absolute atomic E-state index is 0.219. The molecule has 4 heteroatoms. The lowest BCUT2D eigenvalue weighted by atomic mass is 10.1. The zero-order chi connectivity index (χ0) is 16.7. The van der Waals surface area contributed by atoms with E-state index in [-0.39, 0.29) is 6.10 Å². The lowest BCUT2D eigenvalue weighted by Crippen LogP contribution is -2.49. The fourth-order valence-electron chi connectivity index (χ4n) is 2.57. The molecule has 0 aromatic carbocycles. The second-order valence-corrected chi connectivity index (χ2v) is 5.56. The summed E-state index contributed by atoms with van der Waals surface area (Å²) in [5, 5.41) is 0. The maximum atomic E-state index is 5.99. The minimum atomic E-state index is -1.11. The maximum absolute atomic E-state index is 5.99. The van der Waals surface area contributed by atoms with Gasteiger partial charge in [-0.2, -0.15) is 0 Å². The number of ether oxygens (including phenoxy) is 4. The van der Waals surface area contributed by atoms with Crippen molar-refractivity contribution >= 4 is 0 Å². The summed E-state index contributed by atoms with van der Waals surface area (Å²) in [7, 11) is 4.77. The Hall–Kier alpha value is -0.420. The van der Waals surface area contributed by atoms with Crippen molar-refractivity contribution in [3.8, 4) is 0 Å². The van der Waals surface area contributed by atoms with Crippen LogP contribution >= 0.6 is 0 Å². The fourth-order valence-corrected chi connectivity index (χ4v) is 2.57. The normalized spacial score (nSPS) is 13.3. The molecule has 0 radical (unpaired) electrons. The van der Waals surface area contributed by atoms with Crippen LogP contribution in [0.5, 0.6) is 0 Å². The second-order valence-electron chi connectivity index (χ2n) is 5.56. The molecule has 0 aliphatic rings. The number of hydrogen-bond acceptors (Lipinski definition) is 4. The third-order valence-electron chi connectivity index (χ3n) is 3.94. The molecule has 1 unspecified atom stereocenters. The fraction of sp³-hybridized carbons (Fsp3) is 0.889. The first-order valence-corrected chi connectivity index (χ1v) is 8.58. The van der Waals surface area contributed by atoms with Crippen LogP contribution in [-0.4, -0.2) is 40.0 Å². The highest BCUT2D eigenvalue weighted by molar-refractivity contribution is 4.72. The van der Waals surface area contributed by atoms with E-state index in [1.807, 2.05) is 6.08 Å². The number of unbranched alkanes of at least 4 members (excludes halogenated alkanes) is 6. The van der Waals surface area contributed by atoms with E-state index in [1.165, 1.54) is 32.1 Å². The quantitative estimate of drug-likeness (QED) is 0.235. The van der Waals surface area contributed by atoms with Gasteiger partial charge in [0.15, 0.2) is 0 Å². The first-order valence-electron chi connectivity index (χ1n) is 8.58. The van der Waals surface area contributed by atoms with E-state index in [0.29, 0.717) is 6.61 Å². The lowest BCUT2D eigenvalue weighted by molar-refractivity contribution is -0.394. The molecule has 0 saturated heterocycles. The number of allylic oxidation sites excluding steroid dienone is 1. The van der Waals surface area contributed by atoms with Crippen LogP contribution in [0.3, 0.4) is 0 Å². The number of rotatable bonds is 16. The summed E-state index contributed by atoms with van der Waals surface area (Å²) < 4.78 is 22.4. The molecule has 0 bridgehead atoms. The van der Waals surface area contributed by atoms with Crippen LogP contribution in [0, 0.1) is 0 Å². The van der Waals surface area contributed by atoms with Gasteiger partial charge in [0, 0.05) is 27.9 Å². The summed E-state index contributed by atoms with van der Waals surface area (Å²) >= 11 is 0. The van der Waals surface area contributed by atoms with E-state index in [2.05, 4.69) is 13.5 Å². The van der Waals surface area contributed by atoms with Crippen LogP contribution in [0.2, 0.25) is 0 Å². The molecule has 0 spiro atoms. The molecule has 0 aliphatic heterocycles. The second kappa shape index (κ2) is 14.2. The van der Waals surface area contributed by atoms with Gasteiger partial charge in [-0.3, -0.25) is 0 Å². The van der Waals surface area contributed by atoms with Gasteiger partial charge in [-0.25, -0.2) is 0 Å². The van der Waals surface area contributed by atoms with Crippen molar-refractivity contribution in [2.24, 2.45) is 0 Å². The molecule has 4 nitrogen and oxygen atoms in total. The van der Waals surface area contributed by atoms with E-state index in [4.69, 9.17) is 18.9 Å². The van der Waals surface area contributed by atoms with Gasteiger partial charge < -0.3 is 18.9 Å². The van der Waals surface area contributed by atoms with Crippen LogP contribution in [0.4, 0.5) is 0 Å². The molecule has 0 aromatic heterocycles. The van der Waals surface area contributed by atoms with Crippen molar-refractivity contribution < 1.29 is 18.9 Å². The Kier molecular flexibility index (Phi) is 13.9. The van der Waals surface area contributed by atoms with E-state index in [0.717, 1.165) is 25.7 Å². The molecular formula is C18H36O4. The average molecular weight is 316 g/mol. The summed E-state index contributed by atoms with van der Waals surface area (Å²) in [6.45, 7) is 6.62. The third kappa shape index (κ3) is 8.28. The Morgan fingerprint density at radius 1 is 0.909 bits per heavy atom. The van der Waals surface area contributed by atoms with Gasteiger partial charge in [-0.05, 0) is 19.3 Å². The highest BCUT2D eigenvalue weighted by Crippen LogP contribution is 2.25. The molecule has 22 heavy (non-hydrogen) atoms. The molecular weight excluding hydrogens is 280 g/mol. The van der Waals surface area contributed by atoms with Gasteiger partial charge in [0.2, 0.25) is 0 Å². The molecule has 1 atom stereocenters. The van der Waals surface area contributed by atoms with Crippen LogP contribution in [0.25, 0.3) is 0 Å². The largest absolute Gasteiger partial charge is 0.370 e. The van der Waals surface area contributed by atoms with E-state index in [1.54, 1.807) is 21.3 Å². The molecule has 0 heterocycles. The Balaban J connectivity index is 4.34. The average Bonchev–Trinajstić information content (AvgIpc) is 2.55. The summed E-state index contributed by atoms with van der Waals surface area (Å²) in [4.78, 5) is 0. The minimum Gasteiger partial charge on any atom is -0.370 e. The number of methoxy groups -OCH3 is 3. The summed E-state index contributed by atoms with van der Waals surface area (Å²) in [5.41, 5.74) is 0. The van der Waals surface area contributed by atoms with Crippen molar-refractivity contribution in [1.29, 1.82) is 0 Å². The van der Waals surface area contributed by atoms with Gasteiger partial charge in [0.05, 0.1) is 0 Å². The zero-order valence-electron chi connectivity index (χ0n) is 15.1. The first kappa shape index (κ1) is 21.6. The van der Waals surface area contributed by atoms with Gasteiger partial charge in [-0.1, -0.05) is 51.5 Å². The Bertz CT molecular complexity index is 243. The highest BCUT2D eigenvalue weighted by atomic mass is 16.9. The van der Waals surface area contributed by atoms with Crippen molar-refractivity contribution in [1.82, 2.24) is 0 Å². The van der Waals surface area contributed by atoms with Crippen molar-refractivity contribution in [3.05, 3.63) is 12.7 Å². The molecule has 0 N–H and O–H groups in total. The van der Waals surface area contributed by atoms with E-state index < -0.39 is 5.97 Å². The standard InChI is InChI=1S/C18H36O4/c1-6-8-10-11-12-13-15-17(22-16-14-9-7-2)18(19-3,20-4)21-5/h7,17H,2,6,8-16H2,1,3-5H3. The number of hydrogen-bond donors (Lipinski definition) is 0. The summed E-state index contributed by atoms with van der Waals surface area (Å²) in [5.74, 6) is -1.11.